The molecule has 0 saturated carbocycles. The summed E-state index contributed by atoms with van der Waals surface area (Å²) in [5.41, 5.74) is 2.23. The molecule has 1 aromatic carbocycles. The number of aldehydes is 1. The highest BCUT2D eigenvalue weighted by Crippen LogP contribution is 2.30. The molecule has 2 rings (SSSR count). The fraction of sp³-hybridized carbons (Fsp3) is 0.0909. The lowest BCUT2D eigenvalue weighted by atomic mass is 10.1. The zero-order valence-electron chi connectivity index (χ0n) is 8.42. The Morgan fingerprint density at radius 3 is 2.69 bits per heavy atom. The fourth-order valence-electron chi connectivity index (χ4n) is 1.48. The summed E-state index contributed by atoms with van der Waals surface area (Å²) < 4.78 is 0. The van der Waals surface area contributed by atoms with Gasteiger partial charge in [-0.05, 0) is 25.1 Å². The molecule has 2 aromatic rings. The number of H-pyrrole nitrogens is 1. The van der Waals surface area contributed by atoms with Gasteiger partial charge < -0.3 is 4.98 Å². The first-order chi connectivity index (χ1) is 7.61. The van der Waals surface area contributed by atoms with Gasteiger partial charge in [-0.25, -0.2) is 4.98 Å². The van der Waals surface area contributed by atoms with Gasteiger partial charge in [-0.15, -0.1) is 0 Å². The third kappa shape index (κ3) is 1.96. The predicted octanol–water partition coefficient (Wildman–Crippen LogP) is 3.50. The lowest BCUT2D eigenvalue weighted by Gasteiger charge is -2.02. The van der Waals surface area contributed by atoms with E-state index in [-0.39, 0.29) is 0 Å². The molecule has 0 spiro atoms. The van der Waals surface area contributed by atoms with Gasteiger partial charge in [0.15, 0.2) is 12.1 Å². The van der Waals surface area contributed by atoms with Crippen LogP contribution in [0.3, 0.4) is 0 Å². The van der Waals surface area contributed by atoms with Gasteiger partial charge in [-0.1, -0.05) is 23.2 Å². The van der Waals surface area contributed by atoms with Crippen LogP contribution in [0.2, 0.25) is 10.0 Å². The summed E-state index contributed by atoms with van der Waals surface area (Å²) in [6, 6.07) is 5.16. The van der Waals surface area contributed by atoms with Crippen molar-refractivity contribution in [1.82, 2.24) is 9.97 Å². The van der Waals surface area contributed by atoms with Crippen molar-refractivity contribution in [2.45, 2.75) is 6.92 Å². The third-order valence-electron chi connectivity index (χ3n) is 2.20. The summed E-state index contributed by atoms with van der Waals surface area (Å²) in [6.07, 6.45) is 0.667. The zero-order chi connectivity index (χ0) is 11.7. The third-order valence-corrected chi connectivity index (χ3v) is 2.75. The van der Waals surface area contributed by atoms with E-state index in [4.69, 9.17) is 23.2 Å². The number of benzene rings is 1. The number of halogens is 2. The van der Waals surface area contributed by atoms with Crippen molar-refractivity contribution in [2.24, 2.45) is 0 Å². The Hall–Kier alpha value is -1.32. The number of carbonyl (C=O) groups excluding carboxylic acids is 1. The van der Waals surface area contributed by atoms with Crippen molar-refractivity contribution < 1.29 is 4.79 Å². The van der Waals surface area contributed by atoms with Gasteiger partial charge in [0.1, 0.15) is 0 Å². The molecule has 0 atom stereocenters. The Labute approximate surface area is 102 Å². The molecule has 0 fully saturated rings. The van der Waals surface area contributed by atoms with Crippen molar-refractivity contribution in [3.8, 4) is 11.3 Å². The summed E-state index contributed by atoms with van der Waals surface area (Å²) in [7, 11) is 0. The van der Waals surface area contributed by atoms with E-state index in [0.717, 1.165) is 11.3 Å². The van der Waals surface area contributed by atoms with Crippen molar-refractivity contribution in [2.75, 3.05) is 0 Å². The molecular weight excluding hydrogens is 247 g/mol. The van der Waals surface area contributed by atoms with Gasteiger partial charge in [0.2, 0.25) is 0 Å². The number of hydrogen-bond acceptors (Lipinski definition) is 2. The second-order valence-corrected chi connectivity index (χ2v) is 4.18. The van der Waals surface area contributed by atoms with Gasteiger partial charge in [0.25, 0.3) is 0 Å². The van der Waals surface area contributed by atoms with E-state index in [9.17, 15) is 4.79 Å². The molecule has 3 nitrogen and oxygen atoms in total. The topological polar surface area (TPSA) is 45.8 Å². The molecular formula is C11H8Cl2N2O. The fourth-order valence-corrected chi connectivity index (χ4v) is 1.98. The molecule has 0 aliphatic rings. The van der Waals surface area contributed by atoms with Crippen LogP contribution in [0.1, 0.15) is 16.3 Å². The highest BCUT2D eigenvalue weighted by atomic mass is 35.5. The summed E-state index contributed by atoms with van der Waals surface area (Å²) in [6.45, 7) is 1.83. The lowest BCUT2D eigenvalue weighted by molar-refractivity contribution is 0.111. The second kappa shape index (κ2) is 4.28. The molecule has 1 aromatic heterocycles. The van der Waals surface area contributed by atoms with Crippen LogP contribution in [0, 0.1) is 6.92 Å². The highest BCUT2D eigenvalue weighted by Gasteiger charge is 2.11. The minimum atomic E-state index is 0.290. The molecule has 0 unspecified atom stereocenters. The predicted molar refractivity (Wildman–Crippen MR) is 64.2 cm³/mol. The molecule has 1 N–H and O–H groups in total. The van der Waals surface area contributed by atoms with Crippen molar-refractivity contribution >= 4 is 29.5 Å². The number of aryl methyl sites for hydroxylation is 1. The van der Waals surface area contributed by atoms with Crippen LogP contribution in [0.4, 0.5) is 0 Å². The minimum Gasteiger partial charge on any atom is -0.339 e. The SMILES string of the molecule is Cc1[nH]c(C=O)nc1-c1ccc(Cl)cc1Cl. The monoisotopic (exact) mass is 254 g/mol. The average Bonchev–Trinajstić information content (AvgIpc) is 2.60. The highest BCUT2D eigenvalue weighted by molar-refractivity contribution is 6.36. The van der Waals surface area contributed by atoms with Crippen molar-refractivity contribution in [3.63, 3.8) is 0 Å². The number of rotatable bonds is 2. The zero-order valence-corrected chi connectivity index (χ0v) is 9.93. The molecule has 0 aliphatic carbocycles. The van der Waals surface area contributed by atoms with Crippen molar-refractivity contribution in [1.29, 1.82) is 0 Å². The van der Waals surface area contributed by atoms with Crippen LogP contribution in [-0.2, 0) is 0 Å². The molecule has 16 heavy (non-hydrogen) atoms. The van der Waals surface area contributed by atoms with E-state index in [0.29, 0.717) is 27.8 Å². The Balaban J connectivity index is 2.57. The number of aromatic amines is 1. The molecule has 0 saturated heterocycles. The van der Waals surface area contributed by atoms with E-state index in [1.165, 1.54) is 0 Å². The van der Waals surface area contributed by atoms with Crippen LogP contribution in [-0.4, -0.2) is 16.3 Å². The van der Waals surface area contributed by atoms with E-state index >= 15 is 0 Å². The summed E-state index contributed by atoms with van der Waals surface area (Å²) in [4.78, 5) is 17.6. The summed E-state index contributed by atoms with van der Waals surface area (Å²) in [5.74, 6) is 0.290. The van der Waals surface area contributed by atoms with Gasteiger partial charge in [0, 0.05) is 16.3 Å². The van der Waals surface area contributed by atoms with E-state index < -0.39 is 0 Å². The largest absolute Gasteiger partial charge is 0.339 e. The normalized spacial score (nSPS) is 10.4. The Kier molecular flexibility index (Phi) is 2.99. The molecule has 82 valence electrons. The maximum atomic E-state index is 10.6. The first kappa shape index (κ1) is 11.2. The molecule has 1 heterocycles. The number of carbonyl (C=O) groups is 1. The van der Waals surface area contributed by atoms with Crippen LogP contribution < -0.4 is 0 Å². The Bertz CT molecular complexity index is 549. The summed E-state index contributed by atoms with van der Waals surface area (Å²) in [5, 5.41) is 1.08. The smallest absolute Gasteiger partial charge is 0.185 e. The van der Waals surface area contributed by atoms with Crippen LogP contribution in [0.25, 0.3) is 11.3 Å². The Morgan fingerprint density at radius 1 is 1.38 bits per heavy atom. The van der Waals surface area contributed by atoms with Crippen LogP contribution in [0.15, 0.2) is 18.2 Å². The van der Waals surface area contributed by atoms with Gasteiger partial charge in [0.05, 0.1) is 10.7 Å². The average molecular weight is 255 g/mol. The standard InChI is InChI=1S/C11H8Cl2N2O/c1-6-11(15-10(5-16)14-6)8-3-2-7(12)4-9(8)13/h2-5H,1H3,(H,14,15). The summed E-state index contributed by atoms with van der Waals surface area (Å²) >= 11 is 11.9. The molecule has 5 heteroatoms. The molecule has 0 aliphatic heterocycles. The number of aromatic nitrogens is 2. The minimum absolute atomic E-state index is 0.290. The first-order valence-electron chi connectivity index (χ1n) is 4.59. The van der Waals surface area contributed by atoms with E-state index in [1.54, 1.807) is 18.2 Å². The molecule has 0 radical (unpaired) electrons. The van der Waals surface area contributed by atoms with Crippen LogP contribution >= 0.6 is 23.2 Å². The maximum absolute atomic E-state index is 10.6. The number of nitrogens with one attached hydrogen (secondary N) is 1. The van der Waals surface area contributed by atoms with E-state index in [1.807, 2.05) is 6.92 Å². The lowest BCUT2D eigenvalue weighted by Crippen LogP contribution is -1.83. The Morgan fingerprint density at radius 2 is 2.12 bits per heavy atom. The van der Waals surface area contributed by atoms with Crippen molar-refractivity contribution in [3.05, 3.63) is 39.8 Å². The number of imidazole rings is 1. The van der Waals surface area contributed by atoms with Gasteiger partial charge in [-0.2, -0.15) is 0 Å². The quantitative estimate of drug-likeness (QED) is 0.834. The number of nitrogens with zero attached hydrogens (tertiary/aromatic N) is 1. The molecule has 0 amide bonds. The molecule has 0 bridgehead atoms. The van der Waals surface area contributed by atoms with Gasteiger partial charge >= 0.3 is 0 Å². The number of hydrogen-bond donors (Lipinski definition) is 1. The maximum Gasteiger partial charge on any atom is 0.185 e. The van der Waals surface area contributed by atoms with E-state index in [2.05, 4.69) is 9.97 Å². The second-order valence-electron chi connectivity index (χ2n) is 3.34. The van der Waals surface area contributed by atoms with Crippen LogP contribution in [0.5, 0.6) is 0 Å². The van der Waals surface area contributed by atoms with Gasteiger partial charge in [-0.3, -0.25) is 4.79 Å². The first-order valence-corrected chi connectivity index (χ1v) is 5.34.